The van der Waals surface area contributed by atoms with E-state index in [1.807, 2.05) is 12.1 Å². The van der Waals surface area contributed by atoms with E-state index in [1.165, 1.54) is 10.5 Å². The SMILES string of the molecule is Cc1ccc(-c2nc[nH]c2-c2ccc(CN3C(=O)c4ccccc4C3=O)s2)cc1. The standard InChI is InChI=1S/C23H17N3O2S/c1-14-6-8-15(9-7-14)20-21(25-13-24-20)19-11-10-16(29-19)12-26-22(27)17-4-2-3-5-18(17)23(26)28/h2-11,13H,12H2,1H3,(H,24,25). The van der Waals surface area contributed by atoms with Gasteiger partial charge in [0.15, 0.2) is 0 Å². The highest BCUT2D eigenvalue weighted by Crippen LogP contribution is 2.35. The molecule has 0 spiro atoms. The van der Waals surface area contributed by atoms with E-state index in [0.717, 1.165) is 26.7 Å². The Hall–Kier alpha value is -3.51. The summed E-state index contributed by atoms with van der Waals surface area (Å²) in [7, 11) is 0. The molecule has 0 fully saturated rings. The normalized spacial score (nSPS) is 13.2. The highest BCUT2D eigenvalue weighted by atomic mass is 32.1. The number of aryl methyl sites for hydroxylation is 1. The molecule has 1 N–H and O–H groups in total. The second-order valence-electron chi connectivity index (χ2n) is 7.00. The molecule has 0 saturated heterocycles. The van der Waals surface area contributed by atoms with E-state index in [1.54, 1.807) is 41.9 Å². The first-order valence-electron chi connectivity index (χ1n) is 9.26. The maximum Gasteiger partial charge on any atom is 0.261 e. The number of H-pyrrole nitrogens is 1. The molecule has 2 aromatic heterocycles. The van der Waals surface area contributed by atoms with Crippen LogP contribution in [0.3, 0.4) is 0 Å². The van der Waals surface area contributed by atoms with Gasteiger partial charge in [-0.05, 0) is 31.2 Å². The first-order chi connectivity index (χ1) is 14.1. The van der Waals surface area contributed by atoms with Crippen molar-refractivity contribution in [2.45, 2.75) is 13.5 Å². The number of imidazole rings is 1. The van der Waals surface area contributed by atoms with Crippen LogP contribution in [0.15, 0.2) is 67.0 Å². The highest BCUT2D eigenvalue weighted by molar-refractivity contribution is 7.15. The summed E-state index contributed by atoms with van der Waals surface area (Å²) in [6.45, 7) is 2.32. The molecule has 29 heavy (non-hydrogen) atoms. The first-order valence-corrected chi connectivity index (χ1v) is 10.1. The highest BCUT2D eigenvalue weighted by Gasteiger charge is 2.35. The molecule has 142 valence electrons. The minimum Gasteiger partial charge on any atom is -0.343 e. The second kappa shape index (κ2) is 6.83. The molecule has 0 radical (unpaired) electrons. The van der Waals surface area contributed by atoms with Gasteiger partial charge >= 0.3 is 0 Å². The lowest BCUT2D eigenvalue weighted by atomic mass is 10.1. The molecular weight excluding hydrogens is 382 g/mol. The monoisotopic (exact) mass is 399 g/mol. The number of fused-ring (bicyclic) bond motifs is 1. The Morgan fingerprint density at radius 1 is 0.931 bits per heavy atom. The fraction of sp³-hybridized carbons (Fsp3) is 0.0870. The van der Waals surface area contributed by atoms with Crippen LogP contribution in [0.4, 0.5) is 0 Å². The number of thiophene rings is 1. The van der Waals surface area contributed by atoms with Gasteiger partial charge in [0, 0.05) is 10.4 Å². The number of nitrogens with zero attached hydrogens (tertiary/aromatic N) is 2. The average Bonchev–Trinajstić information content (AvgIpc) is 3.45. The number of aromatic amines is 1. The van der Waals surface area contributed by atoms with Gasteiger partial charge in [-0.25, -0.2) is 4.98 Å². The van der Waals surface area contributed by atoms with Crippen LogP contribution in [0, 0.1) is 6.92 Å². The summed E-state index contributed by atoms with van der Waals surface area (Å²) in [6, 6.07) is 19.2. The zero-order chi connectivity index (χ0) is 20.0. The van der Waals surface area contributed by atoms with E-state index < -0.39 is 0 Å². The fourth-order valence-corrected chi connectivity index (χ4v) is 4.55. The molecule has 2 aromatic carbocycles. The third-order valence-corrected chi connectivity index (χ3v) is 6.15. The Morgan fingerprint density at radius 3 is 2.31 bits per heavy atom. The largest absolute Gasteiger partial charge is 0.343 e. The number of benzene rings is 2. The number of amides is 2. The Labute approximate surface area is 171 Å². The van der Waals surface area contributed by atoms with Crippen molar-refractivity contribution in [3.63, 3.8) is 0 Å². The van der Waals surface area contributed by atoms with Crippen LogP contribution in [0.5, 0.6) is 0 Å². The van der Waals surface area contributed by atoms with E-state index >= 15 is 0 Å². The smallest absolute Gasteiger partial charge is 0.261 e. The third-order valence-electron chi connectivity index (χ3n) is 5.06. The molecule has 1 aliphatic heterocycles. The summed E-state index contributed by atoms with van der Waals surface area (Å²) in [5.74, 6) is -0.468. The van der Waals surface area contributed by atoms with Crippen molar-refractivity contribution < 1.29 is 9.59 Å². The molecule has 0 saturated carbocycles. The van der Waals surface area contributed by atoms with Crippen molar-refractivity contribution in [3.05, 3.63) is 88.6 Å². The molecule has 0 aliphatic carbocycles. The van der Waals surface area contributed by atoms with Crippen LogP contribution in [-0.2, 0) is 6.54 Å². The quantitative estimate of drug-likeness (QED) is 0.496. The van der Waals surface area contributed by atoms with Crippen LogP contribution in [0.25, 0.3) is 21.8 Å². The topological polar surface area (TPSA) is 66.1 Å². The molecule has 6 heteroatoms. The lowest BCUT2D eigenvalue weighted by Gasteiger charge is -2.12. The Bertz CT molecular complexity index is 1200. The van der Waals surface area contributed by atoms with Crippen LogP contribution in [0.2, 0.25) is 0 Å². The maximum atomic E-state index is 12.6. The summed E-state index contributed by atoms with van der Waals surface area (Å²) < 4.78 is 0. The zero-order valence-corrected chi connectivity index (χ0v) is 16.5. The molecule has 0 unspecified atom stereocenters. The Balaban J connectivity index is 1.42. The lowest BCUT2D eigenvalue weighted by Crippen LogP contribution is -2.28. The summed E-state index contributed by atoms with van der Waals surface area (Å²) >= 11 is 1.55. The molecule has 4 aromatic rings. The van der Waals surface area contributed by atoms with Crippen molar-refractivity contribution >= 4 is 23.2 Å². The molecule has 3 heterocycles. The van der Waals surface area contributed by atoms with Crippen LogP contribution < -0.4 is 0 Å². The number of aromatic nitrogens is 2. The van der Waals surface area contributed by atoms with Crippen molar-refractivity contribution in [3.8, 4) is 21.8 Å². The van der Waals surface area contributed by atoms with Gasteiger partial charge in [0.2, 0.25) is 0 Å². The van der Waals surface area contributed by atoms with Gasteiger partial charge in [0.1, 0.15) is 0 Å². The van der Waals surface area contributed by atoms with E-state index in [9.17, 15) is 9.59 Å². The number of hydrogen-bond donors (Lipinski definition) is 1. The number of rotatable bonds is 4. The van der Waals surface area contributed by atoms with Crippen molar-refractivity contribution in [2.24, 2.45) is 0 Å². The molecule has 0 bridgehead atoms. The van der Waals surface area contributed by atoms with Crippen molar-refractivity contribution in [1.29, 1.82) is 0 Å². The van der Waals surface area contributed by atoms with Crippen LogP contribution in [-0.4, -0.2) is 26.7 Å². The summed E-state index contributed by atoms with van der Waals surface area (Å²) in [5.41, 5.74) is 5.02. The van der Waals surface area contributed by atoms with Crippen molar-refractivity contribution in [1.82, 2.24) is 14.9 Å². The van der Waals surface area contributed by atoms with Gasteiger partial charge < -0.3 is 4.98 Å². The zero-order valence-electron chi connectivity index (χ0n) is 15.7. The predicted octanol–water partition coefficient (Wildman–Crippen LogP) is 4.91. The predicted molar refractivity (Wildman–Crippen MR) is 113 cm³/mol. The minimum absolute atomic E-state index is 0.234. The van der Waals surface area contributed by atoms with Gasteiger partial charge in [0.05, 0.1) is 40.3 Å². The number of hydrogen-bond acceptors (Lipinski definition) is 4. The number of nitrogens with one attached hydrogen (secondary N) is 1. The average molecular weight is 399 g/mol. The van der Waals surface area contributed by atoms with Gasteiger partial charge in [-0.2, -0.15) is 0 Å². The third kappa shape index (κ3) is 2.98. The molecule has 1 aliphatic rings. The van der Waals surface area contributed by atoms with E-state index in [-0.39, 0.29) is 18.4 Å². The van der Waals surface area contributed by atoms with E-state index in [2.05, 4.69) is 41.2 Å². The lowest BCUT2D eigenvalue weighted by molar-refractivity contribution is 0.0644. The fourth-order valence-electron chi connectivity index (χ4n) is 3.55. The molecule has 5 nitrogen and oxygen atoms in total. The van der Waals surface area contributed by atoms with Crippen LogP contribution >= 0.6 is 11.3 Å². The van der Waals surface area contributed by atoms with Gasteiger partial charge in [-0.15, -0.1) is 11.3 Å². The minimum atomic E-state index is -0.234. The molecular formula is C23H17N3O2S. The number of carbonyl (C=O) groups excluding carboxylic acids is 2. The van der Waals surface area contributed by atoms with Gasteiger partial charge in [-0.1, -0.05) is 42.0 Å². The summed E-state index contributed by atoms with van der Waals surface area (Å²) in [4.78, 5) is 36.2. The molecule has 0 atom stereocenters. The number of carbonyl (C=O) groups is 2. The van der Waals surface area contributed by atoms with Crippen molar-refractivity contribution in [2.75, 3.05) is 0 Å². The summed E-state index contributed by atoms with van der Waals surface area (Å²) in [6.07, 6.45) is 1.69. The molecule has 5 rings (SSSR count). The summed E-state index contributed by atoms with van der Waals surface area (Å²) in [5, 5.41) is 0. The number of imide groups is 1. The van der Waals surface area contributed by atoms with Crippen LogP contribution in [0.1, 0.15) is 31.2 Å². The van der Waals surface area contributed by atoms with E-state index in [0.29, 0.717) is 11.1 Å². The van der Waals surface area contributed by atoms with Gasteiger partial charge in [0.25, 0.3) is 11.8 Å². The van der Waals surface area contributed by atoms with E-state index in [4.69, 9.17) is 0 Å². The Kier molecular flexibility index (Phi) is 4.14. The maximum absolute atomic E-state index is 12.6. The first kappa shape index (κ1) is 17.6. The van der Waals surface area contributed by atoms with Gasteiger partial charge in [-0.3, -0.25) is 14.5 Å². The Morgan fingerprint density at radius 2 is 1.62 bits per heavy atom. The second-order valence-corrected chi connectivity index (χ2v) is 8.17. The molecule has 2 amide bonds.